The average molecular weight is 951 g/mol. The summed E-state index contributed by atoms with van der Waals surface area (Å²) in [6.45, 7) is 2.84. The summed E-state index contributed by atoms with van der Waals surface area (Å²) in [7, 11) is -5.15. The van der Waals surface area contributed by atoms with Crippen LogP contribution in [0, 0.1) is 0 Å². The van der Waals surface area contributed by atoms with E-state index < -0.39 is 75.7 Å². The lowest BCUT2D eigenvalue weighted by Crippen LogP contribution is -2.64. The van der Waals surface area contributed by atoms with Crippen LogP contribution in [0.25, 0.3) is 0 Å². The standard InChI is InChI=1S/C51H83O14P/c1-3-5-6-7-8-9-10-11-12-13-14-15-16-21-24-27-30-33-36-39-45(54)64-43(41-63-66(60,61)65-51-49(58)47(56)46(55)48(57)50(51)59)40-62-44(53)38-35-32-29-26-23-20-18-17-19-22-25-28-31-34-37-42(52)4-2/h5-6,8-9,11-12,14-15,18-20,22,26,28-29,31,42-43,46-52,55-59H,3-4,7,10,13,16-17,21,23-25,27,30,32-41H2,1-2H3,(H,60,61)/b6-5-,9-8-,12-11-,15-14-,20-18-,22-19-,29-26-,31-28-/t42-,43+,46?,47-,48+,49+,50+,51?/m0/s1. The number of ether oxygens (including phenoxy) is 2. The minimum absolute atomic E-state index is 0.0559. The Hall–Kier alpha value is -3.27. The maximum absolute atomic E-state index is 12.8. The van der Waals surface area contributed by atoms with Gasteiger partial charge in [-0.1, -0.05) is 137 Å². The molecular weight excluding hydrogens is 868 g/mol. The topological polar surface area (TPSA) is 230 Å². The largest absolute Gasteiger partial charge is 0.472 e. The molecule has 15 heteroatoms. The van der Waals surface area contributed by atoms with Gasteiger partial charge in [0.2, 0.25) is 0 Å². The lowest BCUT2D eigenvalue weighted by molar-refractivity contribution is -0.220. The van der Waals surface area contributed by atoms with Crippen molar-refractivity contribution < 1.29 is 68.2 Å². The van der Waals surface area contributed by atoms with Crippen LogP contribution in [0.1, 0.15) is 149 Å². The van der Waals surface area contributed by atoms with Crippen LogP contribution < -0.4 is 0 Å². The Morgan fingerprint density at radius 2 is 0.955 bits per heavy atom. The number of hydrogen-bond acceptors (Lipinski definition) is 13. The zero-order valence-corrected chi connectivity index (χ0v) is 40.4. The highest BCUT2D eigenvalue weighted by molar-refractivity contribution is 7.47. The Labute approximate surface area is 394 Å². The van der Waals surface area contributed by atoms with Gasteiger partial charge in [-0.3, -0.25) is 18.6 Å². The molecule has 0 spiro atoms. The minimum Gasteiger partial charge on any atom is -0.462 e. The van der Waals surface area contributed by atoms with Gasteiger partial charge < -0.3 is 45.0 Å². The molecule has 3 unspecified atom stereocenters. The highest BCUT2D eigenvalue weighted by Gasteiger charge is 2.51. The van der Waals surface area contributed by atoms with Gasteiger partial charge in [0, 0.05) is 12.8 Å². The number of carbonyl (C=O) groups excluding carboxylic acids is 2. The predicted molar refractivity (Wildman–Crippen MR) is 259 cm³/mol. The fraction of sp³-hybridized carbons (Fsp3) is 0.647. The van der Waals surface area contributed by atoms with Crippen molar-refractivity contribution in [2.45, 2.75) is 198 Å². The summed E-state index contributed by atoms with van der Waals surface area (Å²) >= 11 is 0. The molecule has 0 aliphatic heterocycles. The fourth-order valence-electron chi connectivity index (χ4n) is 6.54. The molecule has 1 fully saturated rings. The maximum Gasteiger partial charge on any atom is 0.472 e. The third-order valence-corrected chi connectivity index (χ3v) is 11.6. The molecule has 1 aliphatic rings. The molecule has 0 aromatic heterocycles. The van der Waals surface area contributed by atoms with E-state index in [2.05, 4.69) is 92.0 Å². The van der Waals surface area contributed by atoms with E-state index in [1.165, 1.54) is 0 Å². The summed E-state index contributed by atoms with van der Waals surface area (Å²) in [6.07, 6.45) is 36.8. The predicted octanol–water partition coefficient (Wildman–Crippen LogP) is 8.80. The van der Waals surface area contributed by atoms with E-state index in [0.717, 1.165) is 103 Å². The Kier molecular flexibility index (Phi) is 36.5. The number of rotatable bonds is 38. The van der Waals surface area contributed by atoms with E-state index in [1.54, 1.807) is 0 Å². The molecule has 7 N–H and O–H groups in total. The lowest BCUT2D eigenvalue weighted by Gasteiger charge is -2.41. The average Bonchev–Trinajstić information content (AvgIpc) is 3.30. The maximum atomic E-state index is 12.8. The first-order valence-corrected chi connectivity index (χ1v) is 25.6. The van der Waals surface area contributed by atoms with Crippen LogP contribution in [-0.2, 0) is 32.7 Å². The Morgan fingerprint density at radius 3 is 1.47 bits per heavy atom. The van der Waals surface area contributed by atoms with E-state index in [1.807, 2.05) is 19.1 Å². The first kappa shape index (κ1) is 60.7. The Morgan fingerprint density at radius 1 is 0.530 bits per heavy atom. The van der Waals surface area contributed by atoms with Gasteiger partial charge in [0.25, 0.3) is 0 Å². The van der Waals surface area contributed by atoms with Gasteiger partial charge in [0.05, 0.1) is 12.7 Å². The van der Waals surface area contributed by atoms with Gasteiger partial charge in [-0.25, -0.2) is 4.57 Å². The molecule has 66 heavy (non-hydrogen) atoms. The van der Waals surface area contributed by atoms with Crippen LogP contribution in [0.4, 0.5) is 0 Å². The number of unbranched alkanes of at least 4 members (excludes halogenated alkanes) is 7. The van der Waals surface area contributed by atoms with E-state index in [4.69, 9.17) is 18.5 Å². The molecule has 376 valence electrons. The Bertz CT molecular complexity index is 1540. The van der Waals surface area contributed by atoms with Crippen molar-refractivity contribution in [2.75, 3.05) is 13.2 Å². The summed E-state index contributed by atoms with van der Waals surface area (Å²) in [5.74, 6) is -1.21. The van der Waals surface area contributed by atoms with E-state index in [-0.39, 0.29) is 18.9 Å². The van der Waals surface area contributed by atoms with E-state index in [9.17, 15) is 49.7 Å². The van der Waals surface area contributed by atoms with Crippen molar-refractivity contribution in [2.24, 2.45) is 0 Å². The highest BCUT2D eigenvalue weighted by Crippen LogP contribution is 2.47. The van der Waals surface area contributed by atoms with Gasteiger partial charge in [-0.05, 0) is 96.3 Å². The summed E-state index contributed by atoms with van der Waals surface area (Å²) in [4.78, 5) is 35.7. The molecule has 1 aliphatic carbocycles. The van der Waals surface area contributed by atoms with Crippen LogP contribution in [0.5, 0.6) is 0 Å². The highest BCUT2D eigenvalue weighted by atomic mass is 31.2. The fourth-order valence-corrected chi connectivity index (χ4v) is 7.52. The number of phosphoric acid groups is 1. The third kappa shape index (κ3) is 31.7. The van der Waals surface area contributed by atoms with Crippen molar-refractivity contribution in [3.8, 4) is 0 Å². The second-order valence-corrected chi connectivity index (χ2v) is 17.8. The summed E-state index contributed by atoms with van der Waals surface area (Å²) in [5.41, 5.74) is 0. The number of aliphatic hydroxyl groups is 6. The molecule has 0 aromatic carbocycles. The monoisotopic (exact) mass is 951 g/mol. The van der Waals surface area contributed by atoms with Crippen LogP contribution in [0.2, 0.25) is 0 Å². The molecular formula is C51H83O14P. The van der Waals surface area contributed by atoms with Gasteiger partial charge in [-0.15, -0.1) is 0 Å². The van der Waals surface area contributed by atoms with Crippen molar-refractivity contribution >= 4 is 19.8 Å². The quantitative estimate of drug-likeness (QED) is 0.0133. The minimum atomic E-state index is -5.15. The molecule has 0 saturated heterocycles. The number of aliphatic hydroxyl groups excluding tert-OH is 6. The van der Waals surface area contributed by atoms with E-state index >= 15 is 0 Å². The van der Waals surface area contributed by atoms with Gasteiger partial charge in [-0.2, -0.15) is 0 Å². The molecule has 14 nitrogen and oxygen atoms in total. The van der Waals surface area contributed by atoms with Gasteiger partial charge >= 0.3 is 19.8 Å². The SMILES string of the molecule is CC/C=C\C/C=C\C/C=C\C/C=C\CCCCCCCCC(=O)O[C@H](COC(=O)CCC/C=C\C/C=C\C/C=C\C/C=C\CC[C@@H](O)CC)COP(=O)(O)OC1[C@H](O)[C@H](O)C(O)[C@H](O)[C@H]1O. The summed E-state index contributed by atoms with van der Waals surface area (Å²) in [6, 6.07) is 0. The van der Waals surface area contributed by atoms with Crippen LogP contribution in [0.3, 0.4) is 0 Å². The first-order chi connectivity index (χ1) is 31.8. The van der Waals surface area contributed by atoms with Gasteiger partial charge in [0.15, 0.2) is 6.10 Å². The molecule has 0 aromatic rings. The summed E-state index contributed by atoms with van der Waals surface area (Å²) in [5, 5.41) is 59.8. The zero-order chi connectivity index (χ0) is 48.7. The zero-order valence-electron chi connectivity index (χ0n) is 39.6. The van der Waals surface area contributed by atoms with E-state index in [0.29, 0.717) is 19.3 Å². The number of carbonyl (C=O) groups is 2. The molecule has 0 amide bonds. The van der Waals surface area contributed by atoms with Crippen LogP contribution in [0.15, 0.2) is 97.2 Å². The van der Waals surface area contributed by atoms with Crippen molar-refractivity contribution in [3.63, 3.8) is 0 Å². The summed E-state index contributed by atoms with van der Waals surface area (Å²) < 4.78 is 33.5. The molecule has 0 heterocycles. The molecule has 0 bridgehead atoms. The molecule has 9 atom stereocenters. The molecule has 1 rings (SSSR count). The number of hydrogen-bond donors (Lipinski definition) is 7. The lowest BCUT2D eigenvalue weighted by atomic mass is 9.85. The van der Waals surface area contributed by atoms with Crippen LogP contribution in [-0.4, -0.2) is 110 Å². The van der Waals surface area contributed by atoms with Crippen molar-refractivity contribution in [3.05, 3.63) is 97.2 Å². The second-order valence-electron chi connectivity index (χ2n) is 16.4. The molecule has 0 radical (unpaired) electrons. The third-order valence-electron chi connectivity index (χ3n) is 10.6. The first-order valence-electron chi connectivity index (χ1n) is 24.1. The normalized spacial score (nSPS) is 22.6. The number of esters is 2. The van der Waals surface area contributed by atoms with Crippen LogP contribution >= 0.6 is 7.82 Å². The number of phosphoric ester groups is 1. The smallest absolute Gasteiger partial charge is 0.462 e. The van der Waals surface area contributed by atoms with Gasteiger partial charge in [0.1, 0.15) is 43.2 Å². The van der Waals surface area contributed by atoms with Crippen molar-refractivity contribution in [1.82, 2.24) is 0 Å². The Balaban J connectivity index is 2.50. The molecule has 1 saturated carbocycles. The number of allylic oxidation sites excluding steroid dienone is 16. The van der Waals surface area contributed by atoms with Crippen molar-refractivity contribution in [1.29, 1.82) is 0 Å². The second kappa shape index (κ2) is 39.7.